The summed E-state index contributed by atoms with van der Waals surface area (Å²) in [6.07, 6.45) is 1.56. The van der Waals surface area contributed by atoms with Crippen LogP contribution in [0.1, 0.15) is 30.8 Å². The van der Waals surface area contributed by atoms with Gasteiger partial charge in [0.25, 0.3) is 5.56 Å². The Labute approximate surface area is 113 Å². The van der Waals surface area contributed by atoms with Crippen molar-refractivity contribution in [1.29, 1.82) is 0 Å². The largest absolute Gasteiger partial charge is 0.383 e. The number of aromatic amines is 1. The highest BCUT2D eigenvalue weighted by Crippen LogP contribution is 2.20. The van der Waals surface area contributed by atoms with Crippen molar-refractivity contribution in [2.75, 3.05) is 39.5 Å². The average molecular weight is 265 g/mol. The Hall–Kier alpha value is -1.40. The molecule has 6 heteroatoms. The lowest BCUT2D eigenvalue weighted by Gasteiger charge is -2.36. The Morgan fingerprint density at radius 3 is 2.79 bits per heavy atom. The number of nitrogens with two attached hydrogens (primary N) is 1. The van der Waals surface area contributed by atoms with E-state index in [0.29, 0.717) is 23.6 Å². The number of anilines is 1. The van der Waals surface area contributed by atoms with Gasteiger partial charge in [-0.1, -0.05) is 13.3 Å². The lowest BCUT2D eigenvalue weighted by atomic mass is 10.1. The summed E-state index contributed by atoms with van der Waals surface area (Å²) in [7, 11) is 4.13. The summed E-state index contributed by atoms with van der Waals surface area (Å²) in [5.41, 5.74) is 6.45. The van der Waals surface area contributed by atoms with E-state index in [2.05, 4.69) is 26.8 Å². The minimum absolute atomic E-state index is 0.0917. The van der Waals surface area contributed by atoms with E-state index in [1.807, 2.05) is 14.0 Å². The molecule has 1 unspecified atom stereocenters. The molecule has 2 heterocycles. The number of likely N-dealkylation sites (N-methyl/N-ethyl adjacent to an activating group) is 2. The molecule has 19 heavy (non-hydrogen) atoms. The zero-order valence-corrected chi connectivity index (χ0v) is 11.9. The quantitative estimate of drug-likeness (QED) is 0.817. The van der Waals surface area contributed by atoms with Crippen LogP contribution in [0.25, 0.3) is 0 Å². The summed E-state index contributed by atoms with van der Waals surface area (Å²) in [4.78, 5) is 23.8. The van der Waals surface area contributed by atoms with Gasteiger partial charge in [-0.05, 0) is 20.5 Å². The fourth-order valence-electron chi connectivity index (χ4n) is 2.49. The summed E-state index contributed by atoms with van der Waals surface area (Å²) < 4.78 is 0. The van der Waals surface area contributed by atoms with Crippen molar-refractivity contribution >= 4 is 5.82 Å². The van der Waals surface area contributed by atoms with Crippen LogP contribution in [0.15, 0.2) is 4.79 Å². The zero-order chi connectivity index (χ0) is 14.0. The molecule has 0 saturated carbocycles. The predicted molar refractivity (Wildman–Crippen MR) is 76.1 cm³/mol. The van der Waals surface area contributed by atoms with Gasteiger partial charge in [-0.25, -0.2) is 4.98 Å². The van der Waals surface area contributed by atoms with Crippen molar-refractivity contribution in [2.45, 2.75) is 25.8 Å². The Bertz CT molecular complexity index is 498. The third kappa shape index (κ3) is 2.96. The summed E-state index contributed by atoms with van der Waals surface area (Å²) >= 11 is 0. The van der Waals surface area contributed by atoms with E-state index in [4.69, 9.17) is 5.73 Å². The number of piperazine rings is 1. The SMILES string of the molecule is CCCc1c(N)nc(C2CN(C)CCN2C)[nH]c1=O. The van der Waals surface area contributed by atoms with Crippen LogP contribution >= 0.6 is 0 Å². The fourth-order valence-corrected chi connectivity index (χ4v) is 2.49. The van der Waals surface area contributed by atoms with Crippen molar-refractivity contribution in [3.05, 3.63) is 21.7 Å². The number of aromatic nitrogens is 2. The number of nitrogens with zero attached hydrogens (tertiary/aromatic N) is 3. The van der Waals surface area contributed by atoms with Gasteiger partial charge in [0.1, 0.15) is 11.6 Å². The van der Waals surface area contributed by atoms with Crippen molar-refractivity contribution in [1.82, 2.24) is 19.8 Å². The van der Waals surface area contributed by atoms with Gasteiger partial charge in [0.2, 0.25) is 0 Å². The van der Waals surface area contributed by atoms with E-state index in [-0.39, 0.29) is 11.6 Å². The molecule has 0 spiro atoms. The second-order valence-electron chi connectivity index (χ2n) is 5.32. The first-order valence-electron chi connectivity index (χ1n) is 6.80. The molecule has 3 N–H and O–H groups in total. The first-order valence-corrected chi connectivity index (χ1v) is 6.80. The van der Waals surface area contributed by atoms with E-state index in [9.17, 15) is 4.79 Å². The number of hydrogen-bond acceptors (Lipinski definition) is 5. The van der Waals surface area contributed by atoms with Gasteiger partial charge in [0.05, 0.1) is 11.6 Å². The molecule has 0 aliphatic carbocycles. The van der Waals surface area contributed by atoms with Crippen LogP contribution < -0.4 is 11.3 Å². The topological polar surface area (TPSA) is 78.2 Å². The maximum Gasteiger partial charge on any atom is 0.256 e. The van der Waals surface area contributed by atoms with Crippen LogP contribution in [0.4, 0.5) is 5.82 Å². The summed E-state index contributed by atoms with van der Waals surface area (Å²) in [5, 5.41) is 0. The second-order valence-corrected chi connectivity index (χ2v) is 5.32. The van der Waals surface area contributed by atoms with Crippen molar-refractivity contribution < 1.29 is 0 Å². The molecule has 1 aromatic heterocycles. The van der Waals surface area contributed by atoms with E-state index < -0.39 is 0 Å². The fraction of sp³-hybridized carbons (Fsp3) is 0.692. The van der Waals surface area contributed by atoms with Gasteiger partial charge in [-0.3, -0.25) is 9.69 Å². The molecular weight excluding hydrogens is 242 g/mol. The number of hydrogen-bond donors (Lipinski definition) is 2. The summed E-state index contributed by atoms with van der Waals surface area (Å²) in [6, 6.07) is 0.101. The molecule has 1 atom stereocenters. The predicted octanol–water partition coefficient (Wildman–Crippen LogP) is 0.223. The first-order chi connectivity index (χ1) is 9.02. The third-order valence-corrected chi connectivity index (χ3v) is 3.73. The zero-order valence-electron chi connectivity index (χ0n) is 11.9. The Kier molecular flexibility index (Phi) is 4.21. The molecule has 1 saturated heterocycles. The molecule has 0 radical (unpaired) electrons. The Balaban J connectivity index is 2.32. The van der Waals surface area contributed by atoms with Gasteiger partial charge in [-0.15, -0.1) is 0 Å². The van der Waals surface area contributed by atoms with Crippen LogP contribution in [0.5, 0.6) is 0 Å². The minimum atomic E-state index is -0.0917. The van der Waals surface area contributed by atoms with Crippen LogP contribution in [-0.2, 0) is 6.42 Å². The monoisotopic (exact) mass is 265 g/mol. The van der Waals surface area contributed by atoms with Crippen LogP contribution in [0, 0.1) is 0 Å². The second kappa shape index (κ2) is 5.71. The summed E-state index contributed by atoms with van der Waals surface area (Å²) in [5.74, 6) is 1.05. The van der Waals surface area contributed by atoms with Crippen LogP contribution in [0.2, 0.25) is 0 Å². The first kappa shape index (κ1) is 14.0. The van der Waals surface area contributed by atoms with E-state index in [0.717, 1.165) is 26.1 Å². The van der Waals surface area contributed by atoms with Gasteiger partial charge in [0.15, 0.2) is 0 Å². The lowest BCUT2D eigenvalue weighted by molar-refractivity contribution is 0.109. The van der Waals surface area contributed by atoms with Crippen LogP contribution in [0.3, 0.4) is 0 Å². The third-order valence-electron chi connectivity index (χ3n) is 3.73. The highest BCUT2D eigenvalue weighted by atomic mass is 16.1. The van der Waals surface area contributed by atoms with Crippen molar-refractivity contribution in [2.24, 2.45) is 0 Å². The maximum atomic E-state index is 12.1. The van der Waals surface area contributed by atoms with Crippen molar-refractivity contribution in [3.8, 4) is 0 Å². The molecule has 1 aliphatic rings. The molecular formula is C13H23N5O. The number of H-pyrrole nitrogens is 1. The number of nitrogen functional groups attached to an aromatic ring is 1. The molecule has 2 rings (SSSR count). The van der Waals surface area contributed by atoms with E-state index >= 15 is 0 Å². The average Bonchev–Trinajstić information content (AvgIpc) is 2.36. The molecule has 1 fully saturated rings. The molecule has 0 aromatic carbocycles. The molecule has 6 nitrogen and oxygen atoms in total. The summed E-state index contributed by atoms with van der Waals surface area (Å²) in [6.45, 7) is 4.87. The lowest BCUT2D eigenvalue weighted by Crippen LogP contribution is -2.46. The van der Waals surface area contributed by atoms with Gasteiger partial charge in [0, 0.05) is 19.6 Å². The molecule has 0 amide bonds. The molecule has 106 valence electrons. The van der Waals surface area contributed by atoms with Gasteiger partial charge in [-0.2, -0.15) is 0 Å². The highest BCUT2D eigenvalue weighted by Gasteiger charge is 2.26. The normalized spacial score (nSPS) is 21.7. The minimum Gasteiger partial charge on any atom is -0.383 e. The maximum absolute atomic E-state index is 12.1. The van der Waals surface area contributed by atoms with E-state index in [1.165, 1.54) is 0 Å². The van der Waals surface area contributed by atoms with Crippen LogP contribution in [-0.4, -0.2) is 53.5 Å². The highest BCUT2D eigenvalue weighted by molar-refractivity contribution is 5.38. The van der Waals surface area contributed by atoms with Gasteiger partial charge < -0.3 is 15.6 Å². The van der Waals surface area contributed by atoms with E-state index in [1.54, 1.807) is 0 Å². The van der Waals surface area contributed by atoms with Gasteiger partial charge >= 0.3 is 0 Å². The standard InChI is InChI=1S/C13H23N5O/c1-4-5-9-11(14)15-12(16-13(9)19)10-8-17(2)6-7-18(10)3/h10H,4-8H2,1-3H3,(H3,14,15,16,19). The number of nitrogens with one attached hydrogen (secondary N) is 1. The Morgan fingerprint density at radius 2 is 2.16 bits per heavy atom. The van der Waals surface area contributed by atoms with Crippen molar-refractivity contribution in [3.63, 3.8) is 0 Å². The Morgan fingerprint density at radius 1 is 1.42 bits per heavy atom. The molecule has 1 aromatic rings. The number of rotatable bonds is 3. The molecule has 0 bridgehead atoms. The molecule has 1 aliphatic heterocycles. The smallest absolute Gasteiger partial charge is 0.256 e.